The zero-order valence-electron chi connectivity index (χ0n) is 10.3. The van der Waals surface area contributed by atoms with E-state index >= 15 is 0 Å². The Morgan fingerprint density at radius 1 is 1.50 bits per heavy atom. The molecule has 4 N–H and O–H groups in total. The number of sulfonamides is 1. The first-order chi connectivity index (χ1) is 9.31. The average molecular weight is 375 g/mol. The monoisotopic (exact) mass is 374 g/mol. The maximum Gasteiger partial charge on any atom is 0.265 e. The van der Waals surface area contributed by atoms with Gasteiger partial charge in [0.1, 0.15) is 9.88 Å². The van der Waals surface area contributed by atoms with Crippen LogP contribution in [0.2, 0.25) is 0 Å². The Labute approximate surface area is 129 Å². The van der Waals surface area contributed by atoms with Crippen LogP contribution in [-0.4, -0.2) is 23.6 Å². The minimum atomic E-state index is -3.75. The van der Waals surface area contributed by atoms with Crippen molar-refractivity contribution in [3.8, 4) is 0 Å². The van der Waals surface area contributed by atoms with Gasteiger partial charge in [0.15, 0.2) is 0 Å². The fourth-order valence-corrected chi connectivity index (χ4v) is 3.37. The third kappa shape index (κ3) is 3.00. The Hall–Kier alpha value is -1.45. The maximum atomic E-state index is 12.3. The van der Waals surface area contributed by atoms with Crippen LogP contribution in [0.1, 0.15) is 11.3 Å². The molecule has 0 amide bonds. The van der Waals surface area contributed by atoms with Crippen LogP contribution < -0.4 is 10.5 Å². The highest BCUT2D eigenvalue weighted by molar-refractivity contribution is 9.10. The van der Waals surface area contributed by atoms with Gasteiger partial charge >= 0.3 is 0 Å². The predicted molar refractivity (Wildman–Crippen MR) is 84.2 cm³/mol. The van der Waals surface area contributed by atoms with E-state index < -0.39 is 10.0 Å². The molecule has 1 heterocycles. The molecule has 9 heteroatoms. The molecule has 0 spiro atoms. The number of aryl methyl sites for hydroxylation is 1. The summed E-state index contributed by atoms with van der Waals surface area (Å²) in [7, 11) is -3.75. The van der Waals surface area contributed by atoms with Crippen molar-refractivity contribution >= 4 is 48.8 Å². The lowest BCUT2D eigenvalue weighted by Gasteiger charge is -2.12. The Bertz CT molecular complexity index is 770. The van der Waals surface area contributed by atoms with Gasteiger partial charge in [0.2, 0.25) is 0 Å². The average Bonchev–Trinajstić information content (AvgIpc) is 2.75. The molecular formula is C11H11BrN4O2S2. The van der Waals surface area contributed by atoms with Crippen LogP contribution in [0, 0.1) is 6.92 Å². The molecule has 1 aromatic heterocycles. The Morgan fingerprint density at radius 3 is 2.75 bits per heavy atom. The molecule has 0 atom stereocenters. The molecule has 0 bridgehead atoms. The summed E-state index contributed by atoms with van der Waals surface area (Å²) >= 11 is 8.20. The lowest BCUT2D eigenvalue weighted by Crippen LogP contribution is -2.18. The molecule has 20 heavy (non-hydrogen) atoms. The highest BCUT2D eigenvalue weighted by Crippen LogP contribution is 2.25. The van der Waals surface area contributed by atoms with E-state index in [0.717, 1.165) is 0 Å². The number of nitrogens with one attached hydrogen (secondary N) is 2. The number of hydrogen-bond donors (Lipinski definition) is 3. The normalized spacial score (nSPS) is 11.3. The molecule has 0 radical (unpaired) electrons. The highest BCUT2D eigenvalue weighted by atomic mass is 79.9. The number of aromatic amines is 1. The molecule has 0 aliphatic carbocycles. The van der Waals surface area contributed by atoms with Crippen LogP contribution in [-0.2, 0) is 10.0 Å². The molecular weight excluding hydrogens is 364 g/mol. The van der Waals surface area contributed by atoms with E-state index in [9.17, 15) is 8.42 Å². The number of nitrogens with zero attached hydrogens (tertiary/aromatic N) is 1. The number of nitrogens with two attached hydrogens (primary N) is 1. The van der Waals surface area contributed by atoms with Crippen molar-refractivity contribution in [3.63, 3.8) is 0 Å². The number of rotatable bonds is 4. The number of aromatic nitrogens is 2. The number of hydrogen-bond acceptors (Lipinski definition) is 4. The second-order valence-electron chi connectivity index (χ2n) is 4.02. The van der Waals surface area contributed by atoms with Gasteiger partial charge in [0, 0.05) is 10.0 Å². The second kappa shape index (κ2) is 5.51. The summed E-state index contributed by atoms with van der Waals surface area (Å²) in [6.45, 7) is 1.62. The van der Waals surface area contributed by atoms with Crippen molar-refractivity contribution in [2.45, 2.75) is 11.8 Å². The number of anilines is 1. The van der Waals surface area contributed by atoms with Crippen LogP contribution in [0.25, 0.3) is 0 Å². The van der Waals surface area contributed by atoms with Gasteiger partial charge in [-0.15, -0.1) is 0 Å². The van der Waals surface area contributed by atoms with E-state index in [1.54, 1.807) is 25.1 Å². The zero-order chi connectivity index (χ0) is 14.9. The van der Waals surface area contributed by atoms with Gasteiger partial charge in [0.05, 0.1) is 17.6 Å². The first kappa shape index (κ1) is 14.9. The fourth-order valence-electron chi connectivity index (χ4n) is 1.63. The lowest BCUT2D eigenvalue weighted by atomic mass is 10.2. The summed E-state index contributed by atoms with van der Waals surface area (Å²) in [5, 5.41) is 6.28. The number of halogens is 1. The molecule has 0 aliphatic rings. The van der Waals surface area contributed by atoms with Gasteiger partial charge in [-0.3, -0.25) is 9.82 Å². The number of thiocarbonyl (C=S) groups is 1. The van der Waals surface area contributed by atoms with E-state index in [1.807, 2.05) is 0 Å². The summed E-state index contributed by atoms with van der Waals surface area (Å²) in [4.78, 5) is 0.186. The van der Waals surface area contributed by atoms with Crippen LogP contribution >= 0.6 is 28.1 Å². The molecule has 0 saturated carbocycles. The molecule has 0 unspecified atom stereocenters. The van der Waals surface area contributed by atoms with Crippen molar-refractivity contribution < 1.29 is 8.42 Å². The van der Waals surface area contributed by atoms with E-state index in [1.165, 1.54) is 6.20 Å². The first-order valence-electron chi connectivity index (χ1n) is 5.43. The third-order valence-corrected chi connectivity index (χ3v) is 4.76. The summed E-state index contributed by atoms with van der Waals surface area (Å²) < 4.78 is 27.8. The molecule has 0 aliphatic heterocycles. The van der Waals surface area contributed by atoms with Crippen LogP contribution in [0.5, 0.6) is 0 Å². The Kier molecular flexibility index (Phi) is 4.11. The maximum absolute atomic E-state index is 12.3. The summed E-state index contributed by atoms with van der Waals surface area (Å²) in [5.41, 5.74) is 6.81. The first-order valence-corrected chi connectivity index (χ1v) is 8.12. The van der Waals surface area contributed by atoms with Crippen molar-refractivity contribution in [3.05, 3.63) is 40.1 Å². The van der Waals surface area contributed by atoms with E-state index in [-0.39, 0.29) is 9.88 Å². The Balaban J connectivity index is 2.47. The quantitative estimate of drug-likeness (QED) is 0.709. The van der Waals surface area contributed by atoms with E-state index in [0.29, 0.717) is 21.4 Å². The second-order valence-corrected chi connectivity index (χ2v) is 7.03. The van der Waals surface area contributed by atoms with Crippen LogP contribution in [0.15, 0.2) is 33.8 Å². The summed E-state index contributed by atoms with van der Waals surface area (Å²) in [5.74, 6) is 0. The van der Waals surface area contributed by atoms with Gasteiger partial charge in [0.25, 0.3) is 10.0 Å². The topological polar surface area (TPSA) is 101 Å². The minimum absolute atomic E-state index is 0.0753. The minimum Gasteiger partial charge on any atom is -0.389 e. The van der Waals surface area contributed by atoms with Crippen molar-refractivity contribution in [1.82, 2.24) is 10.2 Å². The van der Waals surface area contributed by atoms with Gasteiger partial charge in [-0.1, -0.05) is 28.1 Å². The Morgan fingerprint density at radius 2 is 2.20 bits per heavy atom. The largest absolute Gasteiger partial charge is 0.389 e. The molecule has 0 fully saturated rings. The van der Waals surface area contributed by atoms with Gasteiger partial charge < -0.3 is 5.73 Å². The third-order valence-electron chi connectivity index (χ3n) is 2.56. The fraction of sp³-hybridized carbons (Fsp3) is 0.0909. The predicted octanol–water partition coefficient (Wildman–Crippen LogP) is 1.92. The summed E-state index contributed by atoms with van der Waals surface area (Å²) in [6, 6.07) is 4.98. The van der Waals surface area contributed by atoms with Gasteiger partial charge in [-0.25, -0.2) is 8.42 Å². The van der Waals surface area contributed by atoms with Crippen molar-refractivity contribution in [1.29, 1.82) is 0 Å². The van der Waals surface area contributed by atoms with Gasteiger partial charge in [-0.05, 0) is 25.1 Å². The van der Waals surface area contributed by atoms with E-state index in [4.69, 9.17) is 18.0 Å². The SMILES string of the molecule is Cc1[nH]ncc1S(=O)(=O)Nc1cc(Br)ccc1C(N)=S. The lowest BCUT2D eigenvalue weighted by molar-refractivity contribution is 0.600. The van der Waals surface area contributed by atoms with E-state index in [2.05, 4.69) is 30.8 Å². The molecule has 1 aromatic carbocycles. The molecule has 6 nitrogen and oxygen atoms in total. The zero-order valence-corrected chi connectivity index (χ0v) is 13.6. The molecule has 106 valence electrons. The van der Waals surface area contributed by atoms with Crippen LogP contribution in [0.4, 0.5) is 5.69 Å². The molecule has 2 rings (SSSR count). The highest BCUT2D eigenvalue weighted by Gasteiger charge is 2.20. The molecule has 0 saturated heterocycles. The van der Waals surface area contributed by atoms with Crippen LogP contribution in [0.3, 0.4) is 0 Å². The van der Waals surface area contributed by atoms with Crippen molar-refractivity contribution in [2.24, 2.45) is 5.73 Å². The van der Waals surface area contributed by atoms with Crippen molar-refractivity contribution in [2.75, 3.05) is 4.72 Å². The van der Waals surface area contributed by atoms with Gasteiger partial charge in [-0.2, -0.15) is 5.10 Å². The number of benzene rings is 1. The smallest absolute Gasteiger partial charge is 0.265 e. The number of H-pyrrole nitrogens is 1. The summed E-state index contributed by atoms with van der Waals surface area (Å²) in [6.07, 6.45) is 1.25. The standard InChI is InChI=1S/C11H11BrN4O2S2/c1-6-10(5-14-15-6)20(17,18)16-9-4-7(12)2-3-8(9)11(13)19/h2-5,16H,1H3,(H2,13,19)(H,14,15). The molecule has 2 aromatic rings.